The normalized spacial score (nSPS) is 11.4. The highest BCUT2D eigenvalue weighted by Crippen LogP contribution is 2.42. The molecule has 0 atom stereocenters. The maximum absolute atomic E-state index is 6.66. The summed E-state index contributed by atoms with van der Waals surface area (Å²) in [5, 5.41) is 8.05. The summed E-state index contributed by atoms with van der Waals surface area (Å²) in [7, 11) is 0. The van der Waals surface area contributed by atoms with Crippen LogP contribution in [-0.2, 0) is 0 Å². The third kappa shape index (κ3) is 2.91. The van der Waals surface area contributed by atoms with E-state index in [0.717, 1.165) is 10.4 Å². The van der Waals surface area contributed by atoms with Gasteiger partial charge in [0.1, 0.15) is 0 Å². The van der Waals surface area contributed by atoms with Crippen molar-refractivity contribution >= 4 is 43.9 Å². The first kappa shape index (κ1) is 18.2. The molecule has 146 valence electrons. The van der Waals surface area contributed by atoms with Gasteiger partial charge in [0.15, 0.2) is 0 Å². The largest absolute Gasteiger partial charge is 0.0837 e. The number of benzene rings is 6. The minimum atomic E-state index is 0.785. The molecule has 0 spiro atoms. The van der Waals surface area contributed by atoms with Crippen molar-refractivity contribution in [1.29, 1.82) is 0 Å². The highest BCUT2D eigenvalue weighted by Gasteiger charge is 2.15. The van der Waals surface area contributed by atoms with E-state index >= 15 is 0 Å². The number of halogens is 1. The van der Waals surface area contributed by atoms with Crippen LogP contribution < -0.4 is 0 Å². The molecule has 0 amide bonds. The maximum atomic E-state index is 6.66. The van der Waals surface area contributed by atoms with Crippen molar-refractivity contribution in [2.45, 2.75) is 0 Å². The second-order valence-electron chi connectivity index (χ2n) is 7.88. The first-order valence-electron chi connectivity index (χ1n) is 10.5. The molecule has 6 rings (SSSR count). The van der Waals surface area contributed by atoms with E-state index in [2.05, 4.69) is 109 Å². The summed E-state index contributed by atoms with van der Waals surface area (Å²) in [5.74, 6) is 0. The minimum absolute atomic E-state index is 0.785. The van der Waals surface area contributed by atoms with Crippen LogP contribution in [0.15, 0.2) is 115 Å². The number of hydrogen-bond donors (Lipinski definition) is 0. The average Bonchev–Trinajstić information content (AvgIpc) is 2.84. The quantitative estimate of drug-likeness (QED) is 0.248. The fraction of sp³-hybridized carbons (Fsp3) is 0. The van der Waals surface area contributed by atoms with Gasteiger partial charge in [-0.25, -0.2) is 0 Å². The molecule has 0 heterocycles. The van der Waals surface area contributed by atoms with E-state index in [4.69, 9.17) is 11.6 Å². The molecule has 0 bridgehead atoms. The molecule has 0 radical (unpaired) electrons. The fourth-order valence-electron chi connectivity index (χ4n) is 4.74. The van der Waals surface area contributed by atoms with Crippen LogP contribution in [-0.4, -0.2) is 0 Å². The number of hydrogen-bond acceptors (Lipinski definition) is 0. The molecule has 31 heavy (non-hydrogen) atoms. The van der Waals surface area contributed by atoms with Gasteiger partial charge in [0.05, 0.1) is 0 Å². The van der Waals surface area contributed by atoms with Gasteiger partial charge in [-0.05, 0) is 55.3 Å². The maximum Gasteiger partial charge on any atom is 0.0485 e. The van der Waals surface area contributed by atoms with Crippen molar-refractivity contribution in [1.82, 2.24) is 0 Å². The molecule has 1 heteroatoms. The lowest BCUT2D eigenvalue weighted by Gasteiger charge is -2.16. The molecule has 0 nitrogen and oxygen atoms in total. The third-order valence-corrected chi connectivity index (χ3v) is 6.46. The molecule has 0 aliphatic rings. The predicted molar refractivity (Wildman–Crippen MR) is 135 cm³/mol. The smallest absolute Gasteiger partial charge is 0.0485 e. The molecule has 6 aromatic rings. The Kier molecular flexibility index (Phi) is 4.26. The zero-order valence-electron chi connectivity index (χ0n) is 16.8. The molecule has 0 aliphatic heterocycles. The lowest BCUT2D eigenvalue weighted by Crippen LogP contribution is -1.89. The Labute approximate surface area is 186 Å². The number of rotatable bonds is 2. The van der Waals surface area contributed by atoms with Crippen LogP contribution in [0.3, 0.4) is 0 Å². The van der Waals surface area contributed by atoms with Crippen LogP contribution in [0.1, 0.15) is 0 Å². The van der Waals surface area contributed by atoms with Gasteiger partial charge in [-0.2, -0.15) is 0 Å². The van der Waals surface area contributed by atoms with Gasteiger partial charge < -0.3 is 0 Å². The third-order valence-electron chi connectivity index (χ3n) is 6.13. The molecular formula is C30H19Cl. The summed E-state index contributed by atoms with van der Waals surface area (Å²) >= 11 is 6.66. The summed E-state index contributed by atoms with van der Waals surface area (Å²) in [5.41, 5.74) is 4.92. The monoisotopic (exact) mass is 414 g/mol. The molecule has 0 saturated heterocycles. The Morgan fingerprint density at radius 2 is 1.06 bits per heavy atom. The molecule has 0 aliphatic carbocycles. The van der Waals surface area contributed by atoms with Crippen molar-refractivity contribution < 1.29 is 0 Å². The Bertz CT molecular complexity index is 1570. The van der Waals surface area contributed by atoms with Crippen molar-refractivity contribution in [3.05, 3.63) is 120 Å². The van der Waals surface area contributed by atoms with Crippen LogP contribution in [0.25, 0.3) is 54.6 Å². The van der Waals surface area contributed by atoms with Crippen molar-refractivity contribution in [2.24, 2.45) is 0 Å². The molecule has 0 fully saturated rings. The standard InChI is InChI=1S/C30H19Cl/c31-28-19-18-26(30-24-13-5-4-10-21(24)16-17-27(28)30)25-15-7-12-22-11-6-14-23(29(22)25)20-8-2-1-3-9-20/h1-19H. The summed E-state index contributed by atoms with van der Waals surface area (Å²) in [4.78, 5) is 0. The SMILES string of the molecule is Clc1ccc(-c2cccc3cccc(-c4ccccc4)c23)c2c1ccc1ccccc12. The summed E-state index contributed by atoms with van der Waals surface area (Å²) in [6, 6.07) is 40.8. The van der Waals surface area contributed by atoms with E-state index in [-0.39, 0.29) is 0 Å². The first-order chi connectivity index (χ1) is 15.3. The second kappa shape index (κ2) is 7.27. The Balaban J connectivity index is 1.79. The van der Waals surface area contributed by atoms with Gasteiger partial charge in [-0.1, -0.05) is 121 Å². The van der Waals surface area contributed by atoms with E-state index < -0.39 is 0 Å². The van der Waals surface area contributed by atoms with E-state index in [1.807, 2.05) is 6.07 Å². The summed E-state index contributed by atoms with van der Waals surface area (Å²) in [6.45, 7) is 0. The summed E-state index contributed by atoms with van der Waals surface area (Å²) < 4.78 is 0. The predicted octanol–water partition coefficient (Wildman–Crippen LogP) is 9.13. The molecular weight excluding hydrogens is 396 g/mol. The van der Waals surface area contributed by atoms with E-state index in [1.54, 1.807) is 0 Å². The Morgan fingerprint density at radius 1 is 0.387 bits per heavy atom. The fourth-order valence-corrected chi connectivity index (χ4v) is 4.96. The molecule has 0 unspecified atom stereocenters. The van der Waals surface area contributed by atoms with Crippen molar-refractivity contribution in [2.75, 3.05) is 0 Å². The topological polar surface area (TPSA) is 0 Å². The van der Waals surface area contributed by atoms with Crippen molar-refractivity contribution in [3.8, 4) is 22.3 Å². The van der Waals surface area contributed by atoms with Crippen LogP contribution in [0.5, 0.6) is 0 Å². The van der Waals surface area contributed by atoms with Crippen LogP contribution >= 0.6 is 11.6 Å². The highest BCUT2D eigenvalue weighted by molar-refractivity contribution is 6.37. The van der Waals surface area contributed by atoms with Gasteiger partial charge in [-0.3, -0.25) is 0 Å². The van der Waals surface area contributed by atoms with Gasteiger partial charge in [-0.15, -0.1) is 0 Å². The van der Waals surface area contributed by atoms with Crippen LogP contribution in [0.2, 0.25) is 5.02 Å². The first-order valence-corrected chi connectivity index (χ1v) is 10.9. The van der Waals surface area contributed by atoms with Gasteiger partial charge in [0.2, 0.25) is 0 Å². The van der Waals surface area contributed by atoms with E-state index in [0.29, 0.717) is 0 Å². The van der Waals surface area contributed by atoms with E-state index in [9.17, 15) is 0 Å². The lowest BCUT2D eigenvalue weighted by atomic mass is 9.88. The number of fused-ring (bicyclic) bond motifs is 4. The second-order valence-corrected chi connectivity index (χ2v) is 8.29. The molecule has 6 aromatic carbocycles. The Hall–Kier alpha value is -3.61. The van der Waals surface area contributed by atoms with E-state index in [1.165, 1.54) is 49.2 Å². The average molecular weight is 415 g/mol. The molecule has 0 N–H and O–H groups in total. The van der Waals surface area contributed by atoms with Crippen LogP contribution in [0.4, 0.5) is 0 Å². The molecule has 0 saturated carbocycles. The van der Waals surface area contributed by atoms with Crippen LogP contribution in [0, 0.1) is 0 Å². The zero-order chi connectivity index (χ0) is 20.8. The van der Waals surface area contributed by atoms with Gasteiger partial charge in [0, 0.05) is 10.4 Å². The van der Waals surface area contributed by atoms with Crippen molar-refractivity contribution in [3.63, 3.8) is 0 Å². The highest BCUT2D eigenvalue weighted by atomic mass is 35.5. The Morgan fingerprint density at radius 3 is 1.90 bits per heavy atom. The molecule has 0 aromatic heterocycles. The van der Waals surface area contributed by atoms with Gasteiger partial charge in [0.25, 0.3) is 0 Å². The van der Waals surface area contributed by atoms with Gasteiger partial charge >= 0.3 is 0 Å². The zero-order valence-corrected chi connectivity index (χ0v) is 17.6. The lowest BCUT2D eigenvalue weighted by molar-refractivity contribution is 1.64. The summed E-state index contributed by atoms with van der Waals surface area (Å²) in [6.07, 6.45) is 0. The minimum Gasteiger partial charge on any atom is -0.0837 e.